The van der Waals surface area contributed by atoms with E-state index in [4.69, 9.17) is 23.4 Å². The molecule has 11 nitrogen and oxygen atoms in total. The third kappa shape index (κ3) is 5.02. The summed E-state index contributed by atoms with van der Waals surface area (Å²) in [5.74, 6) is 1.06. The first kappa shape index (κ1) is 25.2. The van der Waals surface area contributed by atoms with E-state index in [1.807, 2.05) is 12.1 Å². The Morgan fingerprint density at radius 1 is 1.11 bits per heavy atom. The maximum absolute atomic E-state index is 13.1. The zero-order valence-electron chi connectivity index (χ0n) is 20.2. The minimum absolute atomic E-state index is 0.0304. The highest BCUT2D eigenvalue weighted by atomic mass is 79.9. The Morgan fingerprint density at radius 2 is 1.92 bits per heavy atom. The van der Waals surface area contributed by atoms with Crippen molar-refractivity contribution in [3.63, 3.8) is 0 Å². The molecule has 1 aromatic heterocycles. The Labute approximate surface area is 225 Å². The van der Waals surface area contributed by atoms with Crippen molar-refractivity contribution >= 4 is 39.9 Å². The average molecular weight is 585 g/mol. The van der Waals surface area contributed by atoms with Crippen LogP contribution in [0.1, 0.15) is 27.4 Å². The van der Waals surface area contributed by atoms with Crippen molar-refractivity contribution in [1.29, 1.82) is 0 Å². The standard InChI is InChI=1S/C26H21BrN2O9/c1-33-22-10-16(27)8-15(23(22)35-12-14-3-5-19-21(7-14)37-13-36-19)9-18-24(30)29(26(32)28-18)11-17-4-6-20(38-17)25(31)34-2/h3-10H,11-13H2,1-2H3,(H,28,32)/b18-9+. The van der Waals surface area contributed by atoms with E-state index in [9.17, 15) is 14.4 Å². The highest BCUT2D eigenvalue weighted by Gasteiger charge is 2.35. The lowest BCUT2D eigenvalue weighted by Crippen LogP contribution is -2.30. The monoisotopic (exact) mass is 584 g/mol. The van der Waals surface area contributed by atoms with Crippen LogP contribution in [0.4, 0.5) is 4.79 Å². The third-order valence-electron chi connectivity index (χ3n) is 5.71. The van der Waals surface area contributed by atoms with Crippen LogP contribution in [0.2, 0.25) is 0 Å². The van der Waals surface area contributed by atoms with Gasteiger partial charge in [-0.1, -0.05) is 22.0 Å². The van der Waals surface area contributed by atoms with Crippen LogP contribution >= 0.6 is 15.9 Å². The van der Waals surface area contributed by atoms with Gasteiger partial charge in [0.25, 0.3) is 5.91 Å². The van der Waals surface area contributed by atoms with Crippen LogP contribution in [-0.4, -0.2) is 43.8 Å². The van der Waals surface area contributed by atoms with E-state index >= 15 is 0 Å². The number of nitrogens with zero attached hydrogens (tertiary/aromatic N) is 1. The summed E-state index contributed by atoms with van der Waals surface area (Å²) in [6.45, 7) is 0.174. The maximum Gasteiger partial charge on any atom is 0.373 e. The van der Waals surface area contributed by atoms with Crippen LogP contribution in [0.15, 0.2) is 57.1 Å². The molecule has 2 aliphatic heterocycles. The molecule has 1 N–H and O–H groups in total. The van der Waals surface area contributed by atoms with Gasteiger partial charge in [-0.2, -0.15) is 0 Å². The smallest absolute Gasteiger partial charge is 0.373 e. The predicted molar refractivity (Wildman–Crippen MR) is 135 cm³/mol. The van der Waals surface area contributed by atoms with E-state index in [2.05, 4.69) is 26.0 Å². The Hall–Kier alpha value is -4.45. The van der Waals surface area contributed by atoms with Gasteiger partial charge in [-0.15, -0.1) is 0 Å². The fraction of sp³-hybridized carbons (Fsp3) is 0.192. The molecule has 0 bridgehead atoms. The molecule has 0 atom stereocenters. The summed E-state index contributed by atoms with van der Waals surface area (Å²) in [5.41, 5.74) is 1.36. The van der Waals surface area contributed by atoms with Crippen molar-refractivity contribution in [3.05, 3.63) is 75.3 Å². The Balaban J connectivity index is 1.38. The number of nitrogens with one attached hydrogen (secondary N) is 1. The summed E-state index contributed by atoms with van der Waals surface area (Å²) in [6.07, 6.45) is 1.50. The number of imide groups is 1. The molecule has 0 aliphatic carbocycles. The van der Waals surface area contributed by atoms with E-state index < -0.39 is 17.9 Å². The number of esters is 1. The predicted octanol–water partition coefficient (Wildman–Crippen LogP) is 4.24. The number of carbonyl (C=O) groups is 3. The molecule has 12 heteroatoms. The van der Waals surface area contributed by atoms with Crippen molar-refractivity contribution in [3.8, 4) is 23.0 Å². The summed E-state index contributed by atoms with van der Waals surface area (Å²) in [6, 6.07) is 11.2. The van der Waals surface area contributed by atoms with Gasteiger partial charge in [0.1, 0.15) is 18.1 Å². The summed E-state index contributed by atoms with van der Waals surface area (Å²) in [4.78, 5) is 38.3. The number of hydrogen-bond acceptors (Lipinski definition) is 9. The molecule has 3 amide bonds. The van der Waals surface area contributed by atoms with Crippen LogP contribution in [-0.2, 0) is 22.7 Å². The van der Waals surface area contributed by atoms with Crippen LogP contribution in [0.5, 0.6) is 23.0 Å². The summed E-state index contributed by atoms with van der Waals surface area (Å²) in [5, 5.41) is 2.57. The number of ether oxygens (including phenoxy) is 5. The minimum atomic E-state index is -0.661. The van der Waals surface area contributed by atoms with E-state index in [1.165, 1.54) is 32.4 Å². The number of urea groups is 1. The van der Waals surface area contributed by atoms with Gasteiger partial charge in [0.15, 0.2) is 23.0 Å². The van der Waals surface area contributed by atoms with E-state index in [1.54, 1.807) is 18.2 Å². The number of furan rings is 1. The summed E-state index contributed by atoms with van der Waals surface area (Å²) >= 11 is 3.44. The zero-order chi connectivity index (χ0) is 26.8. The van der Waals surface area contributed by atoms with E-state index in [-0.39, 0.29) is 37.2 Å². The van der Waals surface area contributed by atoms with Gasteiger partial charge in [0.05, 0.1) is 20.8 Å². The molecule has 2 aromatic carbocycles. The van der Waals surface area contributed by atoms with Crippen molar-refractivity contribution in [2.45, 2.75) is 13.2 Å². The molecule has 3 aromatic rings. The molecule has 38 heavy (non-hydrogen) atoms. The fourth-order valence-electron chi connectivity index (χ4n) is 3.89. The van der Waals surface area contributed by atoms with Crippen molar-refractivity contribution < 1.29 is 42.5 Å². The average Bonchev–Trinajstić information content (AvgIpc) is 3.64. The molecule has 5 rings (SSSR count). The lowest BCUT2D eigenvalue weighted by atomic mass is 10.1. The van der Waals surface area contributed by atoms with Crippen LogP contribution in [0.3, 0.4) is 0 Å². The van der Waals surface area contributed by atoms with Gasteiger partial charge in [-0.05, 0) is 48.0 Å². The Morgan fingerprint density at radius 3 is 2.71 bits per heavy atom. The van der Waals surface area contributed by atoms with Gasteiger partial charge in [-0.25, -0.2) is 9.59 Å². The molecule has 0 saturated carbocycles. The summed E-state index contributed by atoms with van der Waals surface area (Å²) in [7, 11) is 2.73. The van der Waals surface area contributed by atoms with Crippen LogP contribution < -0.4 is 24.3 Å². The van der Waals surface area contributed by atoms with Gasteiger partial charge >= 0.3 is 12.0 Å². The number of benzene rings is 2. The first-order valence-corrected chi connectivity index (χ1v) is 12.1. The molecule has 0 spiro atoms. The van der Waals surface area contributed by atoms with Crippen molar-refractivity contribution in [1.82, 2.24) is 10.2 Å². The number of halogens is 1. The van der Waals surface area contributed by atoms with Crippen molar-refractivity contribution in [2.24, 2.45) is 0 Å². The highest BCUT2D eigenvalue weighted by molar-refractivity contribution is 9.10. The molecule has 1 saturated heterocycles. The summed E-state index contributed by atoms with van der Waals surface area (Å²) < 4.78 is 33.1. The van der Waals surface area contributed by atoms with Gasteiger partial charge in [-0.3, -0.25) is 9.69 Å². The molecule has 1 fully saturated rings. The number of amides is 3. The Bertz CT molecular complexity index is 1460. The molecule has 196 valence electrons. The highest BCUT2D eigenvalue weighted by Crippen LogP contribution is 2.38. The van der Waals surface area contributed by atoms with Gasteiger partial charge in [0, 0.05) is 10.0 Å². The molecular weight excluding hydrogens is 564 g/mol. The zero-order valence-corrected chi connectivity index (χ0v) is 21.8. The molecular formula is C26H21BrN2O9. The number of hydrogen-bond donors (Lipinski definition) is 1. The van der Waals surface area contributed by atoms with Crippen LogP contribution in [0, 0.1) is 0 Å². The first-order chi connectivity index (χ1) is 18.4. The maximum atomic E-state index is 13.1. The lowest BCUT2D eigenvalue weighted by Gasteiger charge is -2.15. The molecule has 0 radical (unpaired) electrons. The van der Waals surface area contributed by atoms with E-state index in [0.29, 0.717) is 33.0 Å². The molecule has 2 aliphatic rings. The van der Waals surface area contributed by atoms with Crippen molar-refractivity contribution in [2.75, 3.05) is 21.0 Å². The Kier molecular flexibility index (Phi) is 6.97. The second-order valence-corrected chi connectivity index (χ2v) is 9.06. The number of fused-ring (bicyclic) bond motifs is 1. The van der Waals surface area contributed by atoms with Gasteiger partial charge in [0.2, 0.25) is 12.6 Å². The third-order valence-corrected chi connectivity index (χ3v) is 6.17. The SMILES string of the molecule is COC(=O)c1ccc(CN2C(=O)N/C(=C/c3cc(Br)cc(OC)c3OCc3ccc4c(c3)OCO4)C2=O)o1. The second kappa shape index (κ2) is 10.5. The van der Waals surface area contributed by atoms with Gasteiger partial charge < -0.3 is 33.4 Å². The molecule has 0 unspecified atom stereocenters. The van der Waals surface area contributed by atoms with E-state index in [0.717, 1.165) is 10.5 Å². The second-order valence-electron chi connectivity index (χ2n) is 8.14. The normalized spacial score (nSPS) is 15.1. The number of rotatable bonds is 8. The largest absolute Gasteiger partial charge is 0.493 e. The minimum Gasteiger partial charge on any atom is -0.493 e. The first-order valence-electron chi connectivity index (χ1n) is 11.3. The fourth-order valence-corrected chi connectivity index (χ4v) is 4.34. The number of carbonyl (C=O) groups excluding carboxylic acids is 3. The topological polar surface area (TPSA) is 126 Å². The van der Waals surface area contributed by atoms with Crippen LogP contribution in [0.25, 0.3) is 6.08 Å². The lowest BCUT2D eigenvalue weighted by molar-refractivity contribution is -0.123. The quantitative estimate of drug-likeness (QED) is 0.235. The molecule has 3 heterocycles. The number of methoxy groups -OCH3 is 2.